The van der Waals surface area contributed by atoms with Gasteiger partial charge in [0.25, 0.3) is 0 Å². The molecule has 2 fully saturated rings. The van der Waals surface area contributed by atoms with Crippen molar-refractivity contribution in [3.05, 3.63) is 42.5 Å². The maximum atomic E-state index is 13.0. The van der Waals surface area contributed by atoms with Gasteiger partial charge in [0.1, 0.15) is 5.78 Å². The second-order valence-electron chi connectivity index (χ2n) is 9.25. The highest BCUT2D eigenvalue weighted by Gasteiger charge is 2.28. The van der Waals surface area contributed by atoms with Gasteiger partial charge < -0.3 is 4.90 Å². The van der Waals surface area contributed by atoms with Crippen molar-refractivity contribution in [3.63, 3.8) is 0 Å². The van der Waals surface area contributed by atoms with Gasteiger partial charge >= 0.3 is 0 Å². The molecule has 1 amide bonds. The van der Waals surface area contributed by atoms with Crippen LogP contribution in [0.1, 0.15) is 31.4 Å². The summed E-state index contributed by atoms with van der Waals surface area (Å²) in [4.78, 5) is 38.9. The van der Waals surface area contributed by atoms with Crippen molar-refractivity contribution < 1.29 is 9.59 Å². The molecule has 3 aromatic rings. The largest absolute Gasteiger partial charge is 0.342 e. The first kappa shape index (κ1) is 21.7. The van der Waals surface area contributed by atoms with Gasteiger partial charge in [0.05, 0.1) is 24.0 Å². The van der Waals surface area contributed by atoms with E-state index >= 15 is 0 Å². The Balaban J connectivity index is 1.19. The van der Waals surface area contributed by atoms with Gasteiger partial charge in [-0.3, -0.25) is 24.2 Å². The van der Waals surface area contributed by atoms with E-state index in [1.165, 1.54) is 12.8 Å². The van der Waals surface area contributed by atoms with Crippen LogP contribution in [0, 0.1) is 5.92 Å². The zero-order valence-electron chi connectivity index (χ0n) is 19.1. The number of pyridine rings is 2. The van der Waals surface area contributed by atoms with Crippen LogP contribution in [0.15, 0.2) is 36.8 Å². The van der Waals surface area contributed by atoms with Crippen LogP contribution >= 0.6 is 0 Å². The van der Waals surface area contributed by atoms with Gasteiger partial charge in [-0.25, -0.2) is 4.98 Å². The van der Waals surface area contributed by atoms with Crippen LogP contribution in [0.3, 0.4) is 0 Å². The quantitative estimate of drug-likeness (QED) is 0.578. The van der Waals surface area contributed by atoms with E-state index in [1.807, 2.05) is 36.3 Å². The van der Waals surface area contributed by atoms with Crippen molar-refractivity contribution in [1.82, 2.24) is 29.5 Å². The SMILES string of the molecule is Cn1cc(-c2ccc3cnc(CC(=O)C4CCN(C(=O)CN5CCCC5)CC4)cc3n2)cn1. The predicted octanol–water partition coefficient (Wildman–Crippen LogP) is 2.48. The summed E-state index contributed by atoms with van der Waals surface area (Å²) >= 11 is 0. The second kappa shape index (κ2) is 9.39. The van der Waals surface area contributed by atoms with Crippen LogP contribution in [0.4, 0.5) is 0 Å². The molecule has 0 saturated carbocycles. The summed E-state index contributed by atoms with van der Waals surface area (Å²) in [7, 11) is 1.88. The lowest BCUT2D eigenvalue weighted by molar-refractivity contribution is -0.135. The van der Waals surface area contributed by atoms with Crippen molar-refractivity contribution in [2.75, 3.05) is 32.7 Å². The van der Waals surface area contributed by atoms with Gasteiger partial charge in [-0.1, -0.05) is 0 Å². The molecule has 0 aliphatic carbocycles. The highest BCUT2D eigenvalue weighted by atomic mass is 16.2. The number of nitrogens with zero attached hydrogens (tertiary/aromatic N) is 6. The number of rotatable bonds is 6. The summed E-state index contributed by atoms with van der Waals surface area (Å²) in [6.07, 6.45) is 9.67. The third-order valence-electron chi connectivity index (χ3n) is 6.85. The maximum absolute atomic E-state index is 13.0. The van der Waals surface area contributed by atoms with E-state index in [0.717, 1.165) is 53.8 Å². The molecule has 0 unspecified atom stereocenters. The number of carbonyl (C=O) groups excluding carboxylic acids is 2. The summed E-state index contributed by atoms with van der Waals surface area (Å²) in [6.45, 7) is 3.91. The van der Waals surface area contributed by atoms with Crippen LogP contribution in [-0.2, 0) is 23.1 Å². The van der Waals surface area contributed by atoms with Crippen LogP contribution < -0.4 is 0 Å². The number of hydrogen-bond donors (Lipinski definition) is 0. The number of Topliss-reactive ketones (excluding diaryl/α,β-unsaturated/α-hetero) is 1. The molecule has 2 aliphatic heterocycles. The molecule has 2 saturated heterocycles. The molecule has 2 aliphatic rings. The van der Waals surface area contributed by atoms with Gasteiger partial charge in [0.15, 0.2) is 0 Å². The molecule has 0 bridgehead atoms. The summed E-state index contributed by atoms with van der Waals surface area (Å²) in [5, 5.41) is 5.16. The summed E-state index contributed by atoms with van der Waals surface area (Å²) in [6, 6.07) is 5.88. The molecule has 0 atom stereocenters. The molecule has 172 valence electrons. The zero-order valence-corrected chi connectivity index (χ0v) is 19.1. The molecule has 5 heterocycles. The van der Waals surface area contributed by atoms with Gasteiger partial charge in [0.2, 0.25) is 5.91 Å². The number of piperidine rings is 1. The number of amides is 1. The third-order valence-corrected chi connectivity index (χ3v) is 6.85. The number of aromatic nitrogens is 4. The van der Waals surface area contributed by atoms with E-state index in [1.54, 1.807) is 17.1 Å². The first-order valence-electron chi connectivity index (χ1n) is 11.8. The van der Waals surface area contributed by atoms with Gasteiger partial charge in [-0.2, -0.15) is 5.10 Å². The number of hydrogen-bond acceptors (Lipinski definition) is 6. The van der Waals surface area contributed by atoms with Gasteiger partial charge in [0, 0.05) is 61.5 Å². The Bertz CT molecular complexity index is 1160. The fraction of sp³-hybridized carbons (Fsp3) is 0.480. The molecule has 0 spiro atoms. The number of carbonyl (C=O) groups is 2. The molecular weight excluding hydrogens is 416 g/mol. The minimum absolute atomic E-state index is 0.00646. The fourth-order valence-electron chi connectivity index (χ4n) is 4.87. The van der Waals surface area contributed by atoms with Crippen molar-refractivity contribution >= 4 is 22.6 Å². The van der Waals surface area contributed by atoms with Crippen LogP contribution in [0.5, 0.6) is 0 Å². The first-order chi connectivity index (χ1) is 16.0. The zero-order chi connectivity index (χ0) is 22.8. The van der Waals surface area contributed by atoms with Crippen molar-refractivity contribution in [2.45, 2.75) is 32.1 Å². The molecule has 8 nitrogen and oxygen atoms in total. The van der Waals surface area contributed by atoms with Crippen LogP contribution in [0.2, 0.25) is 0 Å². The minimum atomic E-state index is -0.00646. The lowest BCUT2D eigenvalue weighted by atomic mass is 9.90. The minimum Gasteiger partial charge on any atom is -0.342 e. The highest BCUT2D eigenvalue weighted by molar-refractivity contribution is 5.86. The molecule has 33 heavy (non-hydrogen) atoms. The monoisotopic (exact) mass is 446 g/mol. The molecule has 8 heteroatoms. The van der Waals surface area contributed by atoms with Crippen molar-refractivity contribution in [2.24, 2.45) is 13.0 Å². The van der Waals surface area contributed by atoms with E-state index < -0.39 is 0 Å². The van der Waals surface area contributed by atoms with E-state index in [9.17, 15) is 9.59 Å². The predicted molar refractivity (Wildman–Crippen MR) is 125 cm³/mol. The topological polar surface area (TPSA) is 84.2 Å². The van der Waals surface area contributed by atoms with Crippen LogP contribution in [0.25, 0.3) is 22.2 Å². The Labute approximate surface area is 193 Å². The Morgan fingerprint density at radius 1 is 1.06 bits per heavy atom. The summed E-state index contributed by atoms with van der Waals surface area (Å²) in [5.74, 6) is 0.402. The Morgan fingerprint density at radius 2 is 1.85 bits per heavy atom. The lowest BCUT2D eigenvalue weighted by Crippen LogP contribution is -2.44. The van der Waals surface area contributed by atoms with Gasteiger partial charge in [-0.05, 0) is 57.0 Å². The summed E-state index contributed by atoms with van der Waals surface area (Å²) < 4.78 is 1.75. The smallest absolute Gasteiger partial charge is 0.236 e. The number of fused-ring (bicyclic) bond motifs is 1. The fourth-order valence-corrected chi connectivity index (χ4v) is 4.87. The number of aryl methyl sites for hydroxylation is 1. The highest BCUT2D eigenvalue weighted by Crippen LogP contribution is 2.23. The molecule has 0 radical (unpaired) electrons. The average molecular weight is 447 g/mol. The molecule has 5 rings (SSSR count). The van der Waals surface area contributed by atoms with E-state index in [4.69, 9.17) is 4.98 Å². The Kier molecular flexibility index (Phi) is 6.17. The third kappa shape index (κ3) is 4.95. The Hall–Kier alpha value is -3.13. The molecule has 3 aromatic heterocycles. The standard InChI is InChI=1S/C25H30N6O2/c1-29-16-20(15-27-29)22-5-4-19-14-26-21(12-23(19)28-22)13-24(32)18-6-10-31(11-7-18)25(33)17-30-8-2-3-9-30/h4-5,12,14-16,18H,2-3,6-11,13,17H2,1H3. The van der Waals surface area contributed by atoms with Crippen molar-refractivity contribution in [1.29, 1.82) is 0 Å². The molecular formula is C25H30N6O2. The van der Waals surface area contributed by atoms with E-state index in [2.05, 4.69) is 15.0 Å². The van der Waals surface area contributed by atoms with Crippen molar-refractivity contribution in [3.8, 4) is 11.3 Å². The normalized spacial score (nSPS) is 17.7. The van der Waals surface area contributed by atoms with E-state index in [0.29, 0.717) is 26.1 Å². The number of likely N-dealkylation sites (tertiary alicyclic amines) is 2. The number of ketones is 1. The first-order valence-corrected chi connectivity index (χ1v) is 11.8. The Morgan fingerprint density at radius 3 is 2.58 bits per heavy atom. The summed E-state index contributed by atoms with van der Waals surface area (Å²) in [5.41, 5.74) is 3.39. The van der Waals surface area contributed by atoms with Crippen LogP contribution in [-0.4, -0.2) is 74.0 Å². The second-order valence-corrected chi connectivity index (χ2v) is 9.25. The maximum Gasteiger partial charge on any atom is 0.236 e. The van der Waals surface area contributed by atoms with E-state index in [-0.39, 0.29) is 17.6 Å². The molecule has 0 N–H and O–H groups in total. The van der Waals surface area contributed by atoms with Gasteiger partial charge in [-0.15, -0.1) is 0 Å². The molecule has 0 aromatic carbocycles. The average Bonchev–Trinajstić information content (AvgIpc) is 3.50. The lowest BCUT2D eigenvalue weighted by Gasteiger charge is -2.32.